The van der Waals surface area contributed by atoms with Gasteiger partial charge in [0.15, 0.2) is 0 Å². The quantitative estimate of drug-likeness (QED) is 0.902. The lowest BCUT2D eigenvalue weighted by atomic mass is 9.98. The molecule has 1 N–H and O–H groups in total. The summed E-state index contributed by atoms with van der Waals surface area (Å²) >= 11 is 6.29. The summed E-state index contributed by atoms with van der Waals surface area (Å²) in [5, 5.41) is 4.13. The number of nitrogens with zero attached hydrogens (tertiary/aromatic N) is 2. The van der Waals surface area contributed by atoms with Crippen molar-refractivity contribution in [2.24, 2.45) is 0 Å². The molecule has 1 aliphatic rings. The van der Waals surface area contributed by atoms with Gasteiger partial charge in [0.25, 0.3) is 0 Å². The van der Waals surface area contributed by atoms with Crippen LogP contribution in [-0.4, -0.2) is 43.2 Å². The van der Waals surface area contributed by atoms with Crippen LogP contribution < -0.4 is 10.1 Å². The Morgan fingerprint density at radius 3 is 2.67 bits per heavy atom. The van der Waals surface area contributed by atoms with Crippen LogP contribution in [0, 0.1) is 0 Å². The van der Waals surface area contributed by atoms with E-state index in [1.54, 1.807) is 7.11 Å². The monoisotopic (exact) mass is 345 g/mol. The van der Waals surface area contributed by atoms with Crippen molar-refractivity contribution in [1.82, 2.24) is 15.2 Å². The number of halogens is 1. The van der Waals surface area contributed by atoms with E-state index in [9.17, 15) is 0 Å². The molecular formula is C19H24ClN3O. The van der Waals surface area contributed by atoms with Gasteiger partial charge in [0, 0.05) is 43.0 Å². The highest BCUT2D eigenvalue weighted by Gasteiger charge is 2.27. The molecule has 4 nitrogen and oxygen atoms in total. The molecule has 5 heteroatoms. The van der Waals surface area contributed by atoms with Crippen LogP contribution in [0.2, 0.25) is 5.02 Å². The van der Waals surface area contributed by atoms with Crippen LogP contribution in [0.5, 0.6) is 5.75 Å². The summed E-state index contributed by atoms with van der Waals surface area (Å²) in [6, 6.07) is 10.1. The molecule has 2 aromatic rings. The van der Waals surface area contributed by atoms with E-state index in [1.807, 2.05) is 24.4 Å². The third-order valence-corrected chi connectivity index (χ3v) is 4.77. The van der Waals surface area contributed by atoms with Gasteiger partial charge in [0.05, 0.1) is 18.8 Å². The lowest BCUT2D eigenvalue weighted by Gasteiger charge is -2.35. The lowest BCUT2D eigenvalue weighted by Crippen LogP contribution is -2.45. The number of hydrogen-bond acceptors (Lipinski definition) is 4. The third kappa shape index (κ3) is 3.72. The topological polar surface area (TPSA) is 37.4 Å². The van der Waals surface area contributed by atoms with E-state index >= 15 is 0 Å². The molecule has 1 unspecified atom stereocenters. The van der Waals surface area contributed by atoms with E-state index in [0.717, 1.165) is 54.6 Å². The molecule has 0 spiro atoms. The molecule has 1 aliphatic heterocycles. The van der Waals surface area contributed by atoms with Crippen molar-refractivity contribution >= 4 is 11.6 Å². The minimum atomic E-state index is 0.0478. The minimum Gasteiger partial charge on any atom is -0.496 e. The largest absolute Gasteiger partial charge is 0.496 e. The van der Waals surface area contributed by atoms with Gasteiger partial charge < -0.3 is 10.1 Å². The summed E-state index contributed by atoms with van der Waals surface area (Å²) in [5.41, 5.74) is 3.36. The standard InChI is InChI=1S/C19H24ClN3O/c1-3-14-4-6-17(22-13-14)19(23-10-8-21-9-11-23)16-12-15(20)5-7-18(16)24-2/h4-7,12-13,19,21H,3,8-11H2,1-2H3. The first-order valence-corrected chi connectivity index (χ1v) is 8.83. The van der Waals surface area contributed by atoms with E-state index in [-0.39, 0.29) is 6.04 Å². The number of aryl methyl sites for hydroxylation is 1. The molecule has 0 radical (unpaired) electrons. The average molecular weight is 346 g/mol. The molecule has 24 heavy (non-hydrogen) atoms. The number of hydrogen-bond donors (Lipinski definition) is 1. The summed E-state index contributed by atoms with van der Waals surface area (Å²) in [6.45, 7) is 6.04. The van der Waals surface area contributed by atoms with Crippen LogP contribution in [0.3, 0.4) is 0 Å². The summed E-state index contributed by atoms with van der Waals surface area (Å²) < 4.78 is 5.61. The summed E-state index contributed by atoms with van der Waals surface area (Å²) in [6.07, 6.45) is 2.97. The number of piperazine rings is 1. The van der Waals surface area contributed by atoms with Gasteiger partial charge in [-0.05, 0) is 36.2 Å². The SMILES string of the molecule is CCc1ccc(C(c2cc(Cl)ccc2OC)N2CCNCC2)nc1. The maximum absolute atomic E-state index is 6.29. The fourth-order valence-corrected chi connectivity index (χ4v) is 3.39. The van der Waals surface area contributed by atoms with Crippen LogP contribution in [0.15, 0.2) is 36.5 Å². The van der Waals surface area contributed by atoms with Gasteiger partial charge in [-0.3, -0.25) is 9.88 Å². The van der Waals surface area contributed by atoms with Gasteiger partial charge in [-0.15, -0.1) is 0 Å². The fraction of sp³-hybridized carbons (Fsp3) is 0.421. The first-order chi connectivity index (χ1) is 11.7. The number of ether oxygens (including phenoxy) is 1. The minimum absolute atomic E-state index is 0.0478. The molecule has 0 aliphatic carbocycles. The van der Waals surface area contributed by atoms with Crippen LogP contribution in [0.25, 0.3) is 0 Å². The van der Waals surface area contributed by atoms with Crippen molar-refractivity contribution < 1.29 is 4.74 Å². The van der Waals surface area contributed by atoms with Gasteiger partial charge in [0.2, 0.25) is 0 Å². The predicted octanol–water partition coefficient (Wildman–Crippen LogP) is 3.30. The van der Waals surface area contributed by atoms with Gasteiger partial charge in [-0.25, -0.2) is 0 Å². The second kappa shape index (κ2) is 7.97. The molecule has 0 bridgehead atoms. The van der Waals surface area contributed by atoms with Gasteiger partial charge in [-0.1, -0.05) is 24.6 Å². The van der Waals surface area contributed by atoms with Gasteiger partial charge >= 0.3 is 0 Å². The van der Waals surface area contributed by atoms with Crippen molar-refractivity contribution in [2.75, 3.05) is 33.3 Å². The number of aromatic nitrogens is 1. The van der Waals surface area contributed by atoms with Crippen molar-refractivity contribution in [2.45, 2.75) is 19.4 Å². The molecule has 1 fully saturated rings. The highest BCUT2D eigenvalue weighted by atomic mass is 35.5. The first-order valence-electron chi connectivity index (χ1n) is 8.46. The Kier molecular flexibility index (Phi) is 5.72. The zero-order chi connectivity index (χ0) is 16.9. The van der Waals surface area contributed by atoms with E-state index in [0.29, 0.717) is 0 Å². The third-order valence-electron chi connectivity index (χ3n) is 4.54. The average Bonchev–Trinajstić information content (AvgIpc) is 2.64. The van der Waals surface area contributed by atoms with Crippen LogP contribution in [0.1, 0.15) is 29.8 Å². The molecule has 1 aromatic carbocycles. The Balaban J connectivity index is 2.05. The van der Waals surface area contributed by atoms with Crippen LogP contribution >= 0.6 is 11.6 Å². The van der Waals surface area contributed by atoms with E-state index in [1.165, 1.54) is 5.56 Å². The molecule has 128 valence electrons. The first kappa shape index (κ1) is 17.2. The number of benzene rings is 1. The van der Waals surface area contributed by atoms with Crippen LogP contribution in [0.4, 0.5) is 0 Å². The van der Waals surface area contributed by atoms with E-state index < -0.39 is 0 Å². The normalized spacial score (nSPS) is 16.8. The van der Waals surface area contributed by atoms with Crippen LogP contribution in [-0.2, 0) is 6.42 Å². The van der Waals surface area contributed by atoms with Crippen molar-refractivity contribution in [3.63, 3.8) is 0 Å². The molecule has 0 amide bonds. The lowest BCUT2D eigenvalue weighted by molar-refractivity contribution is 0.192. The molecular weight excluding hydrogens is 322 g/mol. The molecule has 3 rings (SSSR count). The second-order valence-corrected chi connectivity index (χ2v) is 6.46. The van der Waals surface area contributed by atoms with E-state index in [2.05, 4.69) is 29.3 Å². The Labute approximate surface area is 148 Å². The smallest absolute Gasteiger partial charge is 0.124 e. The Morgan fingerprint density at radius 1 is 1.25 bits per heavy atom. The van der Waals surface area contributed by atoms with Crippen molar-refractivity contribution in [3.05, 3.63) is 58.4 Å². The maximum Gasteiger partial charge on any atom is 0.124 e. The molecule has 2 heterocycles. The summed E-state index contributed by atoms with van der Waals surface area (Å²) in [7, 11) is 1.70. The predicted molar refractivity (Wildman–Crippen MR) is 97.9 cm³/mol. The Hall–Kier alpha value is -1.62. The summed E-state index contributed by atoms with van der Waals surface area (Å²) in [5.74, 6) is 0.851. The van der Waals surface area contributed by atoms with Crippen molar-refractivity contribution in [3.8, 4) is 5.75 Å². The van der Waals surface area contributed by atoms with Crippen molar-refractivity contribution in [1.29, 1.82) is 0 Å². The zero-order valence-corrected chi connectivity index (χ0v) is 15.0. The molecule has 0 saturated carbocycles. The Bertz CT molecular complexity index is 669. The number of nitrogens with one attached hydrogen (secondary N) is 1. The zero-order valence-electron chi connectivity index (χ0n) is 14.3. The highest BCUT2D eigenvalue weighted by molar-refractivity contribution is 6.30. The summed E-state index contributed by atoms with van der Waals surface area (Å²) in [4.78, 5) is 7.19. The highest BCUT2D eigenvalue weighted by Crippen LogP contribution is 2.35. The second-order valence-electron chi connectivity index (χ2n) is 6.02. The van der Waals surface area contributed by atoms with E-state index in [4.69, 9.17) is 21.3 Å². The molecule has 1 aromatic heterocycles. The van der Waals surface area contributed by atoms with Gasteiger partial charge in [-0.2, -0.15) is 0 Å². The maximum atomic E-state index is 6.29. The number of methoxy groups -OCH3 is 1. The molecule has 1 saturated heterocycles. The molecule has 1 atom stereocenters. The number of pyridine rings is 1. The fourth-order valence-electron chi connectivity index (χ4n) is 3.21. The Morgan fingerprint density at radius 2 is 2.04 bits per heavy atom. The van der Waals surface area contributed by atoms with Gasteiger partial charge in [0.1, 0.15) is 5.75 Å². The number of rotatable bonds is 5.